The monoisotopic (exact) mass is 354 g/mol. The molecule has 0 amide bonds. The van der Waals surface area contributed by atoms with E-state index in [4.69, 9.17) is 4.65 Å². The molecule has 2 heterocycles. The molecule has 26 heavy (non-hydrogen) atoms. The Morgan fingerprint density at radius 1 is 1.27 bits per heavy atom. The van der Waals surface area contributed by atoms with Gasteiger partial charge in [0.1, 0.15) is 11.6 Å². The van der Waals surface area contributed by atoms with Crippen LogP contribution in [0.1, 0.15) is 32.6 Å². The number of hydrogen-bond acceptors (Lipinski definition) is 5. The normalized spacial score (nSPS) is 20.2. The topological polar surface area (TPSA) is 81.4 Å². The first-order chi connectivity index (χ1) is 12.5. The summed E-state index contributed by atoms with van der Waals surface area (Å²) in [5, 5.41) is 10.2. The van der Waals surface area contributed by atoms with Crippen LogP contribution in [0.25, 0.3) is 11.4 Å². The fourth-order valence-electron chi connectivity index (χ4n) is 3.42. The molecule has 0 bridgehead atoms. The van der Waals surface area contributed by atoms with Crippen LogP contribution in [-0.4, -0.2) is 39.4 Å². The van der Waals surface area contributed by atoms with E-state index >= 15 is 0 Å². The van der Waals surface area contributed by atoms with Gasteiger partial charge in [0, 0.05) is 42.7 Å². The minimum Gasteiger partial charge on any atom is -0.427 e. The van der Waals surface area contributed by atoms with Gasteiger partial charge >= 0.3 is 7.12 Å². The number of benzene rings is 1. The molecule has 3 rings (SSSR count). The Morgan fingerprint density at radius 3 is 2.73 bits per heavy atom. The Balaban J connectivity index is 1.57. The molecule has 1 aromatic heterocycles. The Bertz CT molecular complexity index is 762. The summed E-state index contributed by atoms with van der Waals surface area (Å²) in [6.45, 7) is 1.73. The van der Waals surface area contributed by atoms with Gasteiger partial charge in [0.2, 0.25) is 0 Å². The molecule has 0 aliphatic carbocycles. The van der Waals surface area contributed by atoms with E-state index in [1.165, 1.54) is 6.92 Å². The van der Waals surface area contributed by atoms with E-state index in [0.717, 1.165) is 11.4 Å². The standard InChI is InChI=1S/C19H23BN2O4/c1-14(23)11-18-8-7-16(20(25)26-18)12-17(24)13-22-10-9-21-19(22)15-5-3-2-4-6-15/h2-6,9-10,16,18,25H,7-8,11-13H2,1H3/t16-,18+/m1/s1. The van der Waals surface area contributed by atoms with Crippen molar-refractivity contribution in [3.8, 4) is 11.4 Å². The Hall–Kier alpha value is -2.25. The van der Waals surface area contributed by atoms with Crippen molar-refractivity contribution in [2.45, 2.75) is 51.1 Å². The van der Waals surface area contributed by atoms with Crippen molar-refractivity contribution in [3.63, 3.8) is 0 Å². The SMILES string of the molecule is CC(=O)C[C@@H]1CC[C@H](CC(=O)Cn2ccnc2-c2ccccc2)B(O)O1. The average molecular weight is 354 g/mol. The lowest BCUT2D eigenvalue weighted by molar-refractivity contribution is -0.121. The van der Waals surface area contributed by atoms with Crippen LogP contribution in [0.4, 0.5) is 0 Å². The first kappa shape index (κ1) is 18.5. The summed E-state index contributed by atoms with van der Waals surface area (Å²) >= 11 is 0. The maximum atomic E-state index is 12.5. The quantitative estimate of drug-likeness (QED) is 0.773. The highest BCUT2D eigenvalue weighted by Crippen LogP contribution is 2.31. The fraction of sp³-hybridized carbons (Fsp3) is 0.421. The van der Waals surface area contributed by atoms with Gasteiger partial charge in [0.15, 0.2) is 5.78 Å². The first-order valence-corrected chi connectivity index (χ1v) is 8.94. The third kappa shape index (κ3) is 4.68. The second-order valence-electron chi connectivity index (χ2n) is 6.88. The molecule has 1 aliphatic rings. The molecule has 1 saturated heterocycles. The molecular weight excluding hydrogens is 331 g/mol. The molecule has 1 aromatic carbocycles. The van der Waals surface area contributed by atoms with Gasteiger partial charge in [-0.05, 0) is 19.8 Å². The number of carbonyl (C=O) groups excluding carboxylic acids is 2. The van der Waals surface area contributed by atoms with Crippen LogP contribution in [0.5, 0.6) is 0 Å². The summed E-state index contributed by atoms with van der Waals surface area (Å²) in [5.74, 6) is 0.596. The summed E-state index contributed by atoms with van der Waals surface area (Å²) in [5.41, 5.74) is 0.957. The van der Waals surface area contributed by atoms with E-state index in [2.05, 4.69) is 4.98 Å². The Kier molecular flexibility index (Phi) is 6.01. The smallest absolute Gasteiger partial charge is 0.427 e. The van der Waals surface area contributed by atoms with Crippen molar-refractivity contribution < 1.29 is 19.3 Å². The van der Waals surface area contributed by atoms with Crippen LogP contribution < -0.4 is 0 Å². The third-order valence-corrected chi connectivity index (χ3v) is 4.69. The molecule has 136 valence electrons. The predicted octanol–water partition coefficient (Wildman–Crippen LogP) is 2.52. The first-order valence-electron chi connectivity index (χ1n) is 8.94. The van der Waals surface area contributed by atoms with Crippen LogP contribution >= 0.6 is 0 Å². The van der Waals surface area contributed by atoms with Crippen molar-refractivity contribution >= 4 is 18.7 Å². The fourth-order valence-corrected chi connectivity index (χ4v) is 3.42. The van der Waals surface area contributed by atoms with Crippen molar-refractivity contribution in [3.05, 3.63) is 42.7 Å². The van der Waals surface area contributed by atoms with Gasteiger partial charge in [0.25, 0.3) is 0 Å². The van der Waals surface area contributed by atoms with Gasteiger partial charge in [0.05, 0.1) is 6.54 Å². The lowest BCUT2D eigenvalue weighted by Crippen LogP contribution is -2.38. The van der Waals surface area contributed by atoms with E-state index < -0.39 is 7.12 Å². The van der Waals surface area contributed by atoms with Crippen LogP contribution in [0.15, 0.2) is 42.7 Å². The van der Waals surface area contributed by atoms with Crippen LogP contribution in [0.3, 0.4) is 0 Å². The summed E-state index contributed by atoms with van der Waals surface area (Å²) in [6.07, 6.45) is 5.16. The molecule has 1 fully saturated rings. The van der Waals surface area contributed by atoms with Crippen molar-refractivity contribution in [1.29, 1.82) is 0 Å². The third-order valence-electron chi connectivity index (χ3n) is 4.69. The number of aromatic nitrogens is 2. The maximum Gasteiger partial charge on any atom is 0.458 e. The molecule has 0 spiro atoms. The number of ketones is 2. The minimum atomic E-state index is -0.992. The summed E-state index contributed by atoms with van der Waals surface area (Å²) in [7, 11) is -0.992. The zero-order chi connectivity index (χ0) is 18.5. The molecule has 0 unspecified atom stereocenters. The summed E-state index contributed by atoms with van der Waals surface area (Å²) in [4.78, 5) is 28.0. The summed E-state index contributed by atoms with van der Waals surface area (Å²) in [6, 6.07) is 9.72. The van der Waals surface area contributed by atoms with Crippen molar-refractivity contribution in [2.75, 3.05) is 0 Å². The van der Waals surface area contributed by atoms with Crippen LogP contribution in [0, 0.1) is 0 Å². The predicted molar refractivity (Wildman–Crippen MR) is 98.4 cm³/mol. The second-order valence-corrected chi connectivity index (χ2v) is 6.88. The number of carbonyl (C=O) groups is 2. The molecule has 2 atom stereocenters. The molecule has 2 aromatic rings. The van der Waals surface area contributed by atoms with Gasteiger partial charge in [-0.2, -0.15) is 0 Å². The zero-order valence-electron chi connectivity index (χ0n) is 14.9. The highest BCUT2D eigenvalue weighted by molar-refractivity contribution is 6.45. The number of Topliss-reactive ketones (excluding diaryl/α,β-unsaturated/α-hetero) is 2. The number of nitrogens with zero attached hydrogens (tertiary/aromatic N) is 2. The lowest BCUT2D eigenvalue weighted by Gasteiger charge is -2.30. The van der Waals surface area contributed by atoms with Crippen LogP contribution in [-0.2, 0) is 20.8 Å². The molecular formula is C19H23BN2O4. The maximum absolute atomic E-state index is 12.5. The molecule has 0 saturated carbocycles. The van der Waals surface area contributed by atoms with Gasteiger partial charge in [-0.1, -0.05) is 30.3 Å². The Labute approximate surface area is 153 Å². The average Bonchev–Trinajstić information content (AvgIpc) is 3.05. The zero-order valence-corrected chi connectivity index (χ0v) is 14.9. The number of imidazole rings is 1. The minimum absolute atomic E-state index is 0.0258. The van der Waals surface area contributed by atoms with Gasteiger partial charge in [-0.25, -0.2) is 4.98 Å². The second kappa shape index (κ2) is 8.42. The van der Waals surface area contributed by atoms with E-state index in [1.54, 1.807) is 12.4 Å². The van der Waals surface area contributed by atoms with Gasteiger partial charge in [-0.15, -0.1) is 0 Å². The van der Waals surface area contributed by atoms with Crippen LogP contribution in [0.2, 0.25) is 5.82 Å². The molecule has 1 aliphatic heterocycles. The Morgan fingerprint density at radius 2 is 2.04 bits per heavy atom. The number of rotatable bonds is 7. The van der Waals surface area contributed by atoms with Crippen molar-refractivity contribution in [2.24, 2.45) is 0 Å². The van der Waals surface area contributed by atoms with Gasteiger partial charge < -0.3 is 14.2 Å². The summed E-state index contributed by atoms with van der Waals surface area (Å²) < 4.78 is 7.33. The molecule has 7 heteroatoms. The molecule has 0 radical (unpaired) electrons. The molecule has 1 N–H and O–H groups in total. The highest BCUT2D eigenvalue weighted by atomic mass is 16.5. The highest BCUT2D eigenvalue weighted by Gasteiger charge is 2.36. The lowest BCUT2D eigenvalue weighted by atomic mass is 9.64. The van der Waals surface area contributed by atoms with Crippen molar-refractivity contribution in [1.82, 2.24) is 9.55 Å². The van der Waals surface area contributed by atoms with Gasteiger partial charge in [-0.3, -0.25) is 9.59 Å². The van der Waals surface area contributed by atoms with E-state index in [-0.39, 0.29) is 36.5 Å². The largest absolute Gasteiger partial charge is 0.458 e. The molecule has 6 nitrogen and oxygen atoms in total. The van der Waals surface area contributed by atoms with E-state index in [9.17, 15) is 14.6 Å². The van der Waals surface area contributed by atoms with E-state index in [0.29, 0.717) is 19.3 Å². The van der Waals surface area contributed by atoms with E-state index in [1.807, 2.05) is 34.9 Å². The number of hydrogen-bond donors (Lipinski definition) is 1.